The summed E-state index contributed by atoms with van der Waals surface area (Å²) in [6.07, 6.45) is 2.71. The molecule has 20 heavy (non-hydrogen) atoms. The maximum atomic E-state index is 11.8. The topological polar surface area (TPSA) is 87.2 Å². The Morgan fingerprint density at radius 2 is 2.25 bits per heavy atom. The van der Waals surface area contributed by atoms with Crippen LogP contribution in [0.25, 0.3) is 0 Å². The molecule has 6 nitrogen and oxygen atoms in total. The molecule has 0 spiro atoms. The van der Waals surface area contributed by atoms with Crippen LogP contribution < -0.4 is 11.4 Å². The van der Waals surface area contributed by atoms with E-state index in [0.717, 1.165) is 0 Å². The van der Waals surface area contributed by atoms with Crippen LogP contribution in [0.1, 0.15) is 15.9 Å². The third-order valence-corrected chi connectivity index (χ3v) is 2.93. The van der Waals surface area contributed by atoms with E-state index >= 15 is 0 Å². The van der Waals surface area contributed by atoms with Crippen LogP contribution in [0, 0.1) is 0 Å². The minimum Gasteiger partial charge on any atom is -0.465 e. The van der Waals surface area contributed by atoms with Crippen molar-refractivity contribution < 1.29 is 9.53 Å². The average Bonchev–Trinajstić information content (AvgIpc) is 2.42. The zero-order valence-corrected chi connectivity index (χ0v) is 11.4. The molecule has 2 rings (SSSR count). The van der Waals surface area contributed by atoms with E-state index in [2.05, 4.69) is 4.98 Å². The first kappa shape index (κ1) is 14.1. The van der Waals surface area contributed by atoms with E-state index in [1.807, 2.05) is 0 Å². The maximum absolute atomic E-state index is 11.8. The van der Waals surface area contributed by atoms with Gasteiger partial charge in [0.25, 0.3) is 0 Å². The summed E-state index contributed by atoms with van der Waals surface area (Å²) in [6, 6.07) is 4.98. The molecule has 0 aliphatic heterocycles. The molecule has 0 aliphatic rings. The lowest BCUT2D eigenvalue weighted by atomic mass is 10.1. The number of hydrogen-bond acceptors (Lipinski definition) is 5. The summed E-state index contributed by atoms with van der Waals surface area (Å²) in [5.74, 6) is -0.555. The zero-order chi connectivity index (χ0) is 14.7. The Labute approximate surface area is 119 Å². The van der Waals surface area contributed by atoms with E-state index in [9.17, 15) is 9.59 Å². The SMILES string of the molecule is COC(=O)c1c(N)cccc1Cn1cc(Cl)cnc1=O. The van der Waals surface area contributed by atoms with Crippen molar-refractivity contribution in [2.24, 2.45) is 0 Å². The molecule has 104 valence electrons. The lowest BCUT2D eigenvalue weighted by Crippen LogP contribution is -2.23. The van der Waals surface area contributed by atoms with Gasteiger partial charge in [-0.25, -0.2) is 14.6 Å². The van der Waals surface area contributed by atoms with Crippen molar-refractivity contribution in [2.75, 3.05) is 12.8 Å². The smallest absolute Gasteiger partial charge is 0.347 e. The third-order valence-electron chi connectivity index (χ3n) is 2.74. The number of carbonyl (C=O) groups is 1. The monoisotopic (exact) mass is 293 g/mol. The normalized spacial score (nSPS) is 10.3. The number of methoxy groups -OCH3 is 1. The summed E-state index contributed by atoms with van der Waals surface area (Å²) < 4.78 is 6.00. The Morgan fingerprint density at radius 3 is 2.95 bits per heavy atom. The number of aromatic nitrogens is 2. The largest absolute Gasteiger partial charge is 0.465 e. The molecule has 0 amide bonds. The van der Waals surface area contributed by atoms with Gasteiger partial charge in [0.2, 0.25) is 0 Å². The molecule has 0 saturated heterocycles. The van der Waals surface area contributed by atoms with Crippen molar-refractivity contribution in [3.63, 3.8) is 0 Å². The number of hydrogen-bond donors (Lipinski definition) is 1. The number of nitrogens with two attached hydrogens (primary N) is 1. The molecule has 0 aliphatic carbocycles. The molecule has 0 radical (unpaired) electrons. The van der Waals surface area contributed by atoms with Crippen molar-refractivity contribution >= 4 is 23.3 Å². The van der Waals surface area contributed by atoms with Crippen LogP contribution in [0.2, 0.25) is 5.02 Å². The van der Waals surface area contributed by atoms with E-state index in [1.165, 1.54) is 24.1 Å². The molecule has 2 N–H and O–H groups in total. The van der Waals surface area contributed by atoms with Crippen LogP contribution in [-0.4, -0.2) is 22.6 Å². The van der Waals surface area contributed by atoms with E-state index in [0.29, 0.717) is 10.6 Å². The van der Waals surface area contributed by atoms with Crippen molar-refractivity contribution in [3.8, 4) is 0 Å². The molecule has 0 atom stereocenters. The molecular formula is C13H12ClN3O3. The van der Waals surface area contributed by atoms with Gasteiger partial charge in [-0.1, -0.05) is 23.7 Å². The lowest BCUT2D eigenvalue weighted by molar-refractivity contribution is 0.0600. The highest BCUT2D eigenvalue weighted by Gasteiger charge is 2.16. The highest BCUT2D eigenvalue weighted by Crippen LogP contribution is 2.19. The number of nitrogens with zero attached hydrogens (tertiary/aromatic N) is 2. The van der Waals surface area contributed by atoms with Crippen LogP contribution >= 0.6 is 11.6 Å². The van der Waals surface area contributed by atoms with Crippen molar-refractivity contribution in [1.82, 2.24) is 9.55 Å². The van der Waals surface area contributed by atoms with E-state index in [1.54, 1.807) is 18.2 Å². The summed E-state index contributed by atoms with van der Waals surface area (Å²) >= 11 is 5.81. The second-order valence-electron chi connectivity index (χ2n) is 4.06. The average molecular weight is 294 g/mol. The summed E-state index contributed by atoms with van der Waals surface area (Å²) in [7, 11) is 1.27. The molecule has 0 unspecified atom stereocenters. The van der Waals surface area contributed by atoms with Gasteiger partial charge in [0.1, 0.15) is 0 Å². The Balaban J connectivity index is 2.49. The Morgan fingerprint density at radius 1 is 1.50 bits per heavy atom. The predicted octanol–water partition coefficient (Wildman–Crippen LogP) is 1.31. The fourth-order valence-corrected chi connectivity index (χ4v) is 1.99. The van der Waals surface area contributed by atoms with Gasteiger partial charge in [-0.05, 0) is 11.6 Å². The number of carbonyl (C=O) groups excluding carboxylic acids is 1. The molecule has 1 aromatic carbocycles. The summed E-state index contributed by atoms with van der Waals surface area (Å²) in [4.78, 5) is 27.0. The number of nitrogen functional groups attached to an aromatic ring is 1. The molecule has 1 heterocycles. The van der Waals surface area contributed by atoms with Crippen molar-refractivity contribution in [1.29, 1.82) is 0 Å². The zero-order valence-electron chi connectivity index (χ0n) is 10.7. The van der Waals surface area contributed by atoms with E-state index in [4.69, 9.17) is 22.1 Å². The van der Waals surface area contributed by atoms with Gasteiger partial charge in [-0.2, -0.15) is 0 Å². The third kappa shape index (κ3) is 2.80. The quantitative estimate of drug-likeness (QED) is 0.681. The summed E-state index contributed by atoms with van der Waals surface area (Å²) in [6.45, 7) is 0.127. The first-order valence-electron chi connectivity index (χ1n) is 5.70. The van der Waals surface area contributed by atoms with Gasteiger partial charge in [0.15, 0.2) is 0 Å². The number of halogens is 1. The molecule has 0 bridgehead atoms. The first-order chi connectivity index (χ1) is 9.52. The van der Waals surface area contributed by atoms with Gasteiger partial charge in [-0.3, -0.25) is 4.57 Å². The van der Waals surface area contributed by atoms with Gasteiger partial charge < -0.3 is 10.5 Å². The number of anilines is 1. The number of benzene rings is 1. The standard InChI is InChI=1S/C13H12ClN3O3/c1-20-12(18)11-8(3-2-4-10(11)15)6-17-7-9(14)5-16-13(17)19/h2-5,7H,6,15H2,1H3. The van der Waals surface area contributed by atoms with Gasteiger partial charge in [0.05, 0.1) is 30.4 Å². The highest BCUT2D eigenvalue weighted by molar-refractivity contribution is 6.30. The molecular weight excluding hydrogens is 282 g/mol. The van der Waals surface area contributed by atoms with Crippen LogP contribution in [0.3, 0.4) is 0 Å². The maximum Gasteiger partial charge on any atom is 0.347 e. The molecule has 7 heteroatoms. The molecule has 1 aromatic heterocycles. The fourth-order valence-electron chi connectivity index (χ4n) is 1.83. The second kappa shape index (κ2) is 5.75. The Bertz CT molecular complexity index is 712. The fraction of sp³-hybridized carbons (Fsp3) is 0.154. The molecule has 0 saturated carbocycles. The van der Waals surface area contributed by atoms with E-state index in [-0.39, 0.29) is 17.8 Å². The van der Waals surface area contributed by atoms with Crippen LogP contribution in [0.15, 0.2) is 35.4 Å². The lowest BCUT2D eigenvalue weighted by Gasteiger charge is -2.11. The van der Waals surface area contributed by atoms with Gasteiger partial charge in [-0.15, -0.1) is 0 Å². The Kier molecular flexibility index (Phi) is 4.05. The van der Waals surface area contributed by atoms with Gasteiger partial charge >= 0.3 is 11.7 Å². The second-order valence-corrected chi connectivity index (χ2v) is 4.49. The predicted molar refractivity (Wildman–Crippen MR) is 74.8 cm³/mol. The number of rotatable bonds is 3. The summed E-state index contributed by atoms with van der Waals surface area (Å²) in [5, 5.41) is 0.327. The number of esters is 1. The van der Waals surface area contributed by atoms with Crippen LogP contribution in [-0.2, 0) is 11.3 Å². The molecule has 2 aromatic rings. The first-order valence-corrected chi connectivity index (χ1v) is 6.08. The minimum atomic E-state index is -0.555. The van der Waals surface area contributed by atoms with E-state index < -0.39 is 11.7 Å². The van der Waals surface area contributed by atoms with Crippen LogP contribution in [0.5, 0.6) is 0 Å². The van der Waals surface area contributed by atoms with Crippen molar-refractivity contribution in [3.05, 3.63) is 57.2 Å². The number of ether oxygens (including phenoxy) is 1. The highest BCUT2D eigenvalue weighted by atomic mass is 35.5. The minimum absolute atomic E-state index is 0.127. The molecule has 0 fully saturated rings. The van der Waals surface area contributed by atoms with Crippen LogP contribution in [0.4, 0.5) is 5.69 Å². The summed E-state index contributed by atoms with van der Waals surface area (Å²) in [5.41, 5.74) is 6.41. The van der Waals surface area contributed by atoms with Gasteiger partial charge in [0, 0.05) is 11.9 Å². The van der Waals surface area contributed by atoms with Crippen molar-refractivity contribution in [2.45, 2.75) is 6.54 Å². The Hall–Kier alpha value is -2.34.